The minimum absolute atomic E-state index is 0.0430. The molecule has 1 aliphatic rings. The molecule has 1 fully saturated rings. The predicted octanol–water partition coefficient (Wildman–Crippen LogP) is 3.73. The number of thiophene rings is 1. The van der Waals surface area contributed by atoms with Gasteiger partial charge in [0.25, 0.3) is 0 Å². The van der Waals surface area contributed by atoms with Crippen molar-refractivity contribution in [3.8, 4) is 0 Å². The smallest absolute Gasteiger partial charge is 0.317 e. The van der Waals surface area contributed by atoms with Gasteiger partial charge < -0.3 is 15.3 Å². The van der Waals surface area contributed by atoms with Crippen LogP contribution in [-0.2, 0) is 6.54 Å². The number of hydrogen-bond donors (Lipinski definition) is 2. The Kier molecular flexibility index (Phi) is 7.89. The van der Waals surface area contributed by atoms with Crippen LogP contribution in [0.15, 0.2) is 47.8 Å². The van der Waals surface area contributed by atoms with Gasteiger partial charge in [-0.1, -0.05) is 43.3 Å². The van der Waals surface area contributed by atoms with Crippen molar-refractivity contribution in [3.63, 3.8) is 0 Å². The van der Waals surface area contributed by atoms with E-state index in [0.29, 0.717) is 19.6 Å². The van der Waals surface area contributed by atoms with Crippen molar-refractivity contribution >= 4 is 17.4 Å². The lowest BCUT2D eigenvalue weighted by atomic mass is 9.97. The van der Waals surface area contributed by atoms with Gasteiger partial charge in [-0.15, -0.1) is 11.3 Å². The van der Waals surface area contributed by atoms with Crippen LogP contribution in [0, 0.1) is 5.92 Å². The van der Waals surface area contributed by atoms with Crippen LogP contribution in [0.2, 0.25) is 0 Å². The Morgan fingerprint density at radius 3 is 2.64 bits per heavy atom. The molecule has 28 heavy (non-hydrogen) atoms. The summed E-state index contributed by atoms with van der Waals surface area (Å²) >= 11 is 1.75. The van der Waals surface area contributed by atoms with E-state index in [9.17, 15) is 9.90 Å². The lowest BCUT2D eigenvalue weighted by molar-refractivity contribution is 0.133. The summed E-state index contributed by atoms with van der Waals surface area (Å²) in [5.74, 6) is 0.778. The van der Waals surface area contributed by atoms with Gasteiger partial charge in [0.2, 0.25) is 0 Å². The van der Waals surface area contributed by atoms with Crippen molar-refractivity contribution < 1.29 is 9.90 Å². The van der Waals surface area contributed by atoms with Crippen molar-refractivity contribution in [1.82, 2.24) is 15.1 Å². The second-order valence-corrected chi connectivity index (χ2v) is 8.55. The first kappa shape index (κ1) is 20.8. The molecular formula is C22H31N3O2S. The minimum atomic E-state index is -0.121. The molecule has 1 saturated heterocycles. The molecule has 2 aromatic rings. The number of urea groups is 1. The topological polar surface area (TPSA) is 55.8 Å². The Hall–Kier alpha value is -1.89. The van der Waals surface area contributed by atoms with Crippen LogP contribution < -0.4 is 5.32 Å². The largest absolute Gasteiger partial charge is 0.395 e. The number of benzene rings is 1. The summed E-state index contributed by atoms with van der Waals surface area (Å²) in [5.41, 5.74) is 1.06. The lowest BCUT2D eigenvalue weighted by Crippen LogP contribution is -2.46. The van der Waals surface area contributed by atoms with Gasteiger partial charge >= 0.3 is 6.03 Å². The molecule has 2 amide bonds. The van der Waals surface area contributed by atoms with Gasteiger partial charge in [-0.2, -0.15) is 0 Å². The molecule has 3 rings (SSSR count). The molecule has 2 heterocycles. The minimum Gasteiger partial charge on any atom is -0.395 e. The number of piperidine rings is 1. The highest BCUT2D eigenvalue weighted by molar-refractivity contribution is 7.10. The molecule has 1 aromatic heterocycles. The zero-order valence-electron chi connectivity index (χ0n) is 16.6. The fourth-order valence-electron chi connectivity index (χ4n) is 3.70. The van der Waals surface area contributed by atoms with E-state index in [-0.39, 0.29) is 18.7 Å². The zero-order valence-corrected chi connectivity index (χ0v) is 17.4. The van der Waals surface area contributed by atoms with E-state index < -0.39 is 0 Å². The number of carbonyl (C=O) groups excluding carboxylic acids is 1. The van der Waals surface area contributed by atoms with Crippen molar-refractivity contribution in [2.45, 2.75) is 32.4 Å². The Bertz CT molecular complexity index is 700. The highest BCUT2D eigenvalue weighted by Crippen LogP contribution is 2.29. The summed E-state index contributed by atoms with van der Waals surface area (Å²) < 4.78 is 0. The predicted molar refractivity (Wildman–Crippen MR) is 114 cm³/mol. The first-order chi connectivity index (χ1) is 13.7. The van der Waals surface area contributed by atoms with Gasteiger partial charge in [-0.25, -0.2) is 4.79 Å². The van der Waals surface area contributed by atoms with Crippen LogP contribution >= 0.6 is 11.3 Å². The van der Waals surface area contributed by atoms with Crippen LogP contribution in [0.1, 0.15) is 36.2 Å². The zero-order chi connectivity index (χ0) is 19.8. The number of aliphatic hydroxyl groups excluding tert-OH is 1. The fraction of sp³-hybridized carbons (Fsp3) is 0.500. The Balaban J connectivity index is 1.62. The summed E-state index contributed by atoms with van der Waals surface area (Å²) in [5, 5.41) is 14.6. The third-order valence-electron chi connectivity index (χ3n) is 5.45. The number of aliphatic hydroxyl groups is 1. The number of nitrogens with one attached hydrogen (secondary N) is 1. The molecule has 6 heteroatoms. The number of likely N-dealkylation sites (tertiary alicyclic amines) is 1. The number of rotatable bonds is 8. The molecule has 2 N–H and O–H groups in total. The van der Waals surface area contributed by atoms with Crippen LogP contribution in [0.3, 0.4) is 0 Å². The van der Waals surface area contributed by atoms with E-state index in [4.69, 9.17) is 0 Å². The molecule has 5 nitrogen and oxygen atoms in total. The normalized spacial score (nSPS) is 16.6. The summed E-state index contributed by atoms with van der Waals surface area (Å²) in [6, 6.07) is 14.2. The monoisotopic (exact) mass is 401 g/mol. The highest BCUT2D eigenvalue weighted by atomic mass is 32.1. The van der Waals surface area contributed by atoms with Gasteiger partial charge in [0.1, 0.15) is 0 Å². The second-order valence-electron chi connectivity index (χ2n) is 7.57. The average molecular weight is 402 g/mol. The van der Waals surface area contributed by atoms with E-state index in [1.807, 2.05) is 30.3 Å². The molecule has 1 atom stereocenters. The second kappa shape index (κ2) is 10.6. The van der Waals surface area contributed by atoms with Crippen molar-refractivity contribution in [3.05, 3.63) is 58.3 Å². The Morgan fingerprint density at radius 2 is 2.00 bits per heavy atom. The maximum absolute atomic E-state index is 12.8. The molecule has 1 aliphatic heterocycles. The van der Waals surface area contributed by atoms with Crippen molar-refractivity contribution in [1.29, 1.82) is 0 Å². The van der Waals surface area contributed by atoms with Crippen LogP contribution in [-0.4, -0.2) is 53.7 Å². The van der Waals surface area contributed by atoms with E-state index >= 15 is 0 Å². The maximum Gasteiger partial charge on any atom is 0.317 e. The molecule has 0 spiro atoms. The van der Waals surface area contributed by atoms with E-state index in [1.54, 1.807) is 16.2 Å². The molecule has 1 aromatic carbocycles. The number of nitrogens with zero attached hydrogens (tertiary/aromatic N) is 2. The van der Waals surface area contributed by atoms with E-state index in [1.165, 1.54) is 17.7 Å². The molecule has 0 saturated carbocycles. The van der Waals surface area contributed by atoms with Crippen LogP contribution in [0.5, 0.6) is 0 Å². The highest BCUT2D eigenvalue weighted by Gasteiger charge is 2.26. The molecule has 1 unspecified atom stereocenters. The number of amides is 2. The average Bonchev–Trinajstić information content (AvgIpc) is 3.24. The summed E-state index contributed by atoms with van der Waals surface area (Å²) in [6.45, 7) is 5.83. The van der Waals surface area contributed by atoms with Crippen molar-refractivity contribution in [2.75, 3.05) is 32.8 Å². The third-order valence-corrected chi connectivity index (χ3v) is 6.42. The van der Waals surface area contributed by atoms with Gasteiger partial charge in [-0.05, 0) is 48.9 Å². The number of hydrogen-bond acceptors (Lipinski definition) is 4. The maximum atomic E-state index is 12.8. The van der Waals surface area contributed by atoms with Gasteiger partial charge in [0.05, 0.1) is 12.6 Å². The molecular weight excluding hydrogens is 370 g/mol. The van der Waals surface area contributed by atoms with Gasteiger partial charge in [0.15, 0.2) is 0 Å². The summed E-state index contributed by atoms with van der Waals surface area (Å²) in [6.07, 6.45) is 2.42. The summed E-state index contributed by atoms with van der Waals surface area (Å²) in [7, 11) is 0. The van der Waals surface area contributed by atoms with E-state index in [0.717, 1.165) is 24.6 Å². The van der Waals surface area contributed by atoms with E-state index in [2.05, 4.69) is 34.7 Å². The van der Waals surface area contributed by atoms with Gasteiger partial charge in [0, 0.05) is 24.5 Å². The molecule has 0 bridgehead atoms. The molecule has 0 radical (unpaired) electrons. The van der Waals surface area contributed by atoms with Crippen molar-refractivity contribution in [2.24, 2.45) is 5.92 Å². The molecule has 152 valence electrons. The summed E-state index contributed by atoms with van der Waals surface area (Å²) in [4.78, 5) is 18.3. The first-order valence-corrected chi connectivity index (χ1v) is 11.0. The van der Waals surface area contributed by atoms with Gasteiger partial charge in [-0.3, -0.25) is 4.90 Å². The quantitative estimate of drug-likeness (QED) is 0.709. The standard InChI is InChI=1S/C22H31N3O2S/c1-18-9-11-24(12-10-18)20(21-8-5-15-28-21)16-23-22(27)25(13-14-26)17-19-6-3-2-4-7-19/h2-8,15,18,20,26H,9-14,16-17H2,1H3,(H,23,27). The Labute approximate surface area is 172 Å². The number of carbonyl (C=O) groups is 1. The third kappa shape index (κ3) is 5.80. The lowest BCUT2D eigenvalue weighted by Gasteiger charge is -2.36. The first-order valence-electron chi connectivity index (χ1n) is 10.1. The van der Waals surface area contributed by atoms with Crippen LogP contribution in [0.4, 0.5) is 4.79 Å². The Morgan fingerprint density at radius 1 is 1.25 bits per heavy atom. The molecule has 0 aliphatic carbocycles. The fourth-order valence-corrected chi connectivity index (χ4v) is 4.56. The van der Waals surface area contributed by atoms with Crippen LogP contribution in [0.25, 0.3) is 0 Å². The SMILES string of the molecule is CC1CCN(C(CNC(=O)N(CCO)Cc2ccccc2)c2cccs2)CC1.